The fourth-order valence-corrected chi connectivity index (χ4v) is 2.36. The Labute approximate surface area is 115 Å². The van der Waals surface area contributed by atoms with E-state index in [1.807, 2.05) is 18.2 Å². The van der Waals surface area contributed by atoms with Crippen molar-refractivity contribution in [2.45, 2.75) is 37.3 Å². The summed E-state index contributed by atoms with van der Waals surface area (Å²) < 4.78 is 7.08. The molecule has 2 saturated carbocycles. The third-order valence-electron chi connectivity index (χ3n) is 3.32. The van der Waals surface area contributed by atoms with Gasteiger partial charge in [0, 0.05) is 17.1 Å². The molecule has 2 nitrogen and oxygen atoms in total. The highest BCUT2D eigenvalue weighted by molar-refractivity contribution is 9.10. The van der Waals surface area contributed by atoms with Crippen LogP contribution in [0.25, 0.3) is 0 Å². The van der Waals surface area contributed by atoms with Gasteiger partial charge in [-0.1, -0.05) is 27.5 Å². The number of nitrogens with one attached hydrogen (secondary N) is 1. The Morgan fingerprint density at radius 1 is 1.41 bits per heavy atom. The Morgan fingerprint density at radius 2 is 2.18 bits per heavy atom. The van der Waals surface area contributed by atoms with Crippen molar-refractivity contribution in [2.24, 2.45) is 0 Å². The van der Waals surface area contributed by atoms with E-state index >= 15 is 0 Å². The molecule has 0 radical (unpaired) electrons. The fourth-order valence-electron chi connectivity index (χ4n) is 1.86. The van der Waals surface area contributed by atoms with E-state index in [0.29, 0.717) is 5.02 Å². The maximum Gasteiger partial charge on any atom is 0.139 e. The molecule has 2 aliphatic carbocycles. The SMILES string of the molecule is Clc1ccc(Br)cc1OC1(CNC2CC2)CC1. The second-order valence-corrected chi connectivity index (χ2v) is 6.34. The Bertz CT molecular complexity index is 429. The van der Waals surface area contributed by atoms with Crippen molar-refractivity contribution in [3.8, 4) is 5.75 Å². The standard InChI is InChI=1S/C13H15BrClNO/c14-9-1-4-11(15)12(7-9)17-13(5-6-13)8-16-10-2-3-10/h1,4,7,10,16H,2-3,5-6,8H2. The zero-order chi connectivity index (χ0) is 11.9. The summed E-state index contributed by atoms with van der Waals surface area (Å²) in [5.74, 6) is 0.788. The topological polar surface area (TPSA) is 21.3 Å². The molecule has 0 aromatic heterocycles. The first-order valence-electron chi connectivity index (χ1n) is 6.04. The summed E-state index contributed by atoms with van der Waals surface area (Å²) in [6, 6.07) is 6.47. The van der Waals surface area contributed by atoms with Crippen LogP contribution in [0.15, 0.2) is 22.7 Å². The minimum Gasteiger partial charge on any atom is -0.484 e. The van der Waals surface area contributed by atoms with Crippen LogP contribution in [0.3, 0.4) is 0 Å². The van der Waals surface area contributed by atoms with Crippen LogP contribution in [0.2, 0.25) is 5.02 Å². The highest BCUT2D eigenvalue weighted by Gasteiger charge is 2.46. The molecule has 0 heterocycles. The summed E-state index contributed by atoms with van der Waals surface area (Å²) in [6.07, 6.45) is 4.87. The van der Waals surface area contributed by atoms with Crippen molar-refractivity contribution in [3.05, 3.63) is 27.7 Å². The molecule has 4 heteroatoms. The number of halogens is 2. The van der Waals surface area contributed by atoms with Crippen LogP contribution in [0.4, 0.5) is 0 Å². The van der Waals surface area contributed by atoms with Gasteiger partial charge >= 0.3 is 0 Å². The number of ether oxygens (including phenoxy) is 1. The highest BCUT2D eigenvalue weighted by atomic mass is 79.9. The van der Waals surface area contributed by atoms with Gasteiger partial charge in [0.25, 0.3) is 0 Å². The molecule has 1 aromatic rings. The predicted molar refractivity (Wildman–Crippen MR) is 72.8 cm³/mol. The molecule has 0 aliphatic heterocycles. The molecular weight excluding hydrogens is 302 g/mol. The molecule has 92 valence electrons. The van der Waals surface area contributed by atoms with Gasteiger partial charge in [-0.05, 0) is 43.9 Å². The van der Waals surface area contributed by atoms with Crippen LogP contribution < -0.4 is 10.1 Å². The average molecular weight is 317 g/mol. The molecular formula is C13H15BrClNO. The lowest BCUT2D eigenvalue weighted by atomic mass is 10.3. The summed E-state index contributed by atoms with van der Waals surface area (Å²) in [5.41, 5.74) is -0.00692. The van der Waals surface area contributed by atoms with Gasteiger partial charge < -0.3 is 10.1 Å². The Kier molecular flexibility index (Phi) is 3.09. The lowest BCUT2D eigenvalue weighted by Crippen LogP contribution is -2.34. The molecule has 0 bridgehead atoms. The van der Waals surface area contributed by atoms with Crippen molar-refractivity contribution in [3.63, 3.8) is 0 Å². The first-order valence-corrected chi connectivity index (χ1v) is 7.21. The van der Waals surface area contributed by atoms with Gasteiger partial charge in [0.15, 0.2) is 0 Å². The van der Waals surface area contributed by atoms with Crippen LogP contribution in [-0.4, -0.2) is 18.2 Å². The summed E-state index contributed by atoms with van der Waals surface area (Å²) in [5, 5.41) is 4.22. The minimum atomic E-state index is -0.00692. The maximum absolute atomic E-state index is 6.14. The van der Waals surface area contributed by atoms with Crippen molar-refractivity contribution in [2.75, 3.05) is 6.54 Å². The molecule has 17 heavy (non-hydrogen) atoms. The fraction of sp³-hybridized carbons (Fsp3) is 0.538. The van der Waals surface area contributed by atoms with Gasteiger partial charge in [0.05, 0.1) is 5.02 Å². The average Bonchev–Trinajstić information content (AvgIpc) is 3.16. The van der Waals surface area contributed by atoms with E-state index in [1.54, 1.807) is 0 Å². The second-order valence-electron chi connectivity index (χ2n) is 5.01. The molecule has 0 spiro atoms. The molecule has 2 aliphatic rings. The van der Waals surface area contributed by atoms with Crippen molar-refractivity contribution >= 4 is 27.5 Å². The molecule has 0 atom stereocenters. The highest BCUT2D eigenvalue weighted by Crippen LogP contribution is 2.42. The summed E-state index contributed by atoms with van der Waals surface area (Å²) in [4.78, 5) is 0. The van der Waals surface area contributed by atoms with E-state index in [1.165, 1.54) is 12.8 Å². The zero-order valence-electron chi connectivity index (χ0n) is 9.51. The minimum absolute atomic E-state index is 0.00692. The van der Waals surface area contributed by atoms with Crippen LogP contribution in [-0.2, 0) is 0 Å². The van der Waals surface area contributed by atoms with E-state index in [0.717, 1.165) is 35.7 Å². The van der Waals surface area contributed by atoms with E-state index in [-0.39, 0.29) is 5.60 Å². The summed E-state index contributed by atoms with van der Waals surface area (Å²) >= 11 is 9.58. The summed E-state index contributed by atoms with van der Waals surface area (Å²) in [6.45, 7) is 0.945. The van der Waals surface area contributed by atoms with Crippen molar-refractivity contribution in [1.82, 2.24) is 5.32 Å². The second kappa shape index (κ2) is 4.45. The lowest BCUT2D eigenvalue weighted by molar-refractivity contribution is 0.175. The van der Waals surface area contributed by atoms with Gasteiger partial charge in [0.2, 0.25) is 0 Å². The largest absolute Gasteiger partial charge is 0.484 e. The van der Waals surface area contributed by atoms with Gasteiger partial charge in [-0.15, -0.1) is 0 Å². The summed E-state index contributed by atoms with van der Waals surface area (Å²) in [7, 11) is 0. The number of benzene rings is 1. The molecule has 3 rings (SSSR count). The number of hydrogen-bond acceptors (Lipinski definition) is 2. The predicted octanol–water partition coefficient (Wildman–Crippen LogP) is 3.77. The van der Waals surface area contributed by atoms with Gasteiger partial charge in [-0.3, -0.25) is 0 Å². The molecule has 2 fully saturated rings. The molecule has 1 N–H and O–H groups in total. The maximum atomic E-state index is 6.14. The third-order valence-corrected chi connectivity index (χ3v) is 4.12. The normalized spacial score (nSPS) is 21.3. The Balaban J connectivity index is 1.66. The van der Waals surface area contributed by atoms with Gasteiger partial charge in [-0.2, -0.15) is 0 Å². The van der Waals surface area contributed by atoms with E-state index in [9.17, 15) is 0 Å². The van der Waals surface area contributed by atoms with Crippen LogP contribution in [0.5, 0.6) is 5.75 Å². The monoisotopic (exact) mass is 315 g/mol. The first-order chi connectivity index (χ1) is 8.17. The van der Waals surface area contributed by atoms with Crippen LogP contribution in [0.1, 0.15) is 25.7 Å². The number of hydrogen-bond donors (Lipinski definition) is 1. The van der Waals surface area contributed by atoms with E-state index in [4.69, 9.17) is 16.3 Å². The van der Waals surface area contributed by atoms with Gasteiger partial charge in [0.1, 0.15) is 11.4 Å². The van der Waals surface area contributed by atoms with E-state index < -0.39 is 0 Å². The lowest BCUT2D eigenvalue weighted by Gasteiger charge is -2.19. The molecule has 0 saturated heterocycles. The third kappa shape index (κ3) is 2.95. The first kappa shape index (κ1) is 11.8. The van der Waals surface area contributed by atoms with Crippen molar-refractivity contribution < 1.29 is 4.74 Å². The van der Waals surface area contributed by atoms with Gasteiger partial charge in [-0.25, -0.2) is 0 Å². The Morgan fingerprint density at radius 3 is 2.82 bits per heavy atom. The van der Waals surface area contributed by atoms with E-state index in [2.05, 4.69) is 21.2 Å². The molecule has 0 amide bonds. The van der Waals surface area contributed by atoms with Crippen molar-refractivity contribution in [1.29, 1.82) is 0 Å². The van der Waals surface area contributed by atoms with Crippen LogP contribution >= 0.6 is 27.5 Å². The van der Waals surface area contributed by atoms with Crippen LogP contribution in [0, 0.1) is 0 Å². The quantitative estimate of drug-likeness (QED) is 0.893. The zero-order valence-corrected chi connectivity index (χ0v) is 11.9. The molecule has 0 unspecified atom stereocenters. The smallest absolute Gasteiger partial charge is 0.139 e. The Hall–Kier alpha value is -0.250. The molecule has 1 aromatic carbocycles. The number of rotatable bonds is 5.